The van der Waals surface area contributed by atoms with E-state index in [1.807, 2.05) is 7.05 Å². The van der Waals surface area contributed by atoms with E-state index in [1.54, 1.807) is 18.2 Å². The van der Waals surface area contributed by atoms with Crippen molar-refractivity contribution in [1.29, 1.82) is 0 Å². The lowest BCUT2D eigenvalue weighted by Crippen LogP contribution is -2.40. The van der Waals surface area contributed by atoms with Gasteiger partial charge in [0, 0.05) is 13.1 Å². The Balaban J connectivity index is 1.78. The molecule has 0 amide bonds. The van der Waals surface area contributed by atoms with Gasteiger partial charge in [0.05, 0.1) is 12.4 Å². The number of para-hydroxylation sites is 1. The van der Waals surface area contributed by atoms with Gasteiger partial charge in [0.2, 0.25) is 10.0 Å². The topological polar surface area (TPSA) is 67.2 Å². The third-order valence-corrected chi connectivity index (χ3v) is 6.21. The van der Waals surface area contributed by atoms with E-state index in [4.69, 9.17) is 0 Å². The molecular formula is C16H21FN4O2S. The number of sulfonamides is 1. The summed E-state index contributed by atoms with van der Waals surface area (Å²) in [6.07, 6.45) is 4.32. The monoisotopic (exact) mass is 352 g/mol. The molecule has 8 heteroatoms. The zero-order chi connectivity index (χ0) is 17.2. The summed E-state index contributed by atoms with van der Waals surface area (Å²) in [6, 6.07) is 6.13. The molecule has 1 aliphatic rings. The molecule has 0 unspecified atom stereocenters. The van der Waals surface area contributed by atoms with Gasteiger partial charge in [0.25, 0.3) is 0 Å². The second-order valence-corrected chi connectivity index (χ2v) is 7.92. The van der Waals surface area contributed by atoms with Crippen LogP contribution in [0.25, 0.3) is 5.69 Å². The zero-order valence-corrected chi connectivity index (χ0v) is 14.3. The minimum atomic E-state index is -3.59. The predicted octanol–water partition coefficient (Wildman–Crippen LogP) is 1.63. The van der Waals surface area contributed by atoms with E-state index in [9.17, 15) is 12.8 Å². The molecule has 0 atom stereocenters. The van der Waals surface area contributed by atoms with Crippen molar-refractivity contribution in [3.8, 4) is 5.69 Å². The molecule has 1 aromatic heterocycles. The Labute approximate surface area is 141 Å². The summed E-state index contributed by atoms with van der Waals surface area (Å²) in [7, 11) is -1.69. The van der Waals surface area contributed by atoms with Crippen LogP contribution in [0.5, 0.6) is 0 Å². The first kappa shape index (κ1) is 17.1. The van der Waals surface area contributed by atoms with Crippen LogP contribution < -0.4 is 5.32 Å². The molecule has 0 radical (unpaired) electrons. The van der Waals surface area contributed by atoms with Crippen LogP contribution in [0.1, 0.15) is 12.8 Å². The first-order valence-electron chi connectivity index (χ1n) is 7.96. The summed E-state index contributed by atoms with van der Waals surface area (Å²) in [4.78, 5) is 0.0952. The smallest absolute Gasteiger partial charge is 0.246 e. The van der Waals surface area contributed by atoms with Crippen LogP contribution in [0.15, 0.2) is 41.6 Å². The molecule has 2 aromatic rings. The molecule has 0 saturated carbocycles. The van der Waals surface area contributed by atoms with E-state index < -0.39 is 15.8 Å². The van der Waals surface area contributed by atoms with Gasteiger partial charge in [-0.05, 0) is 44.5 Å². The maximum absolute atomic E-state index is 13.8. The minimum Gasteiger partial charge on any atom is -0.319 e. The molecule has 130 valence electrons. The summed E-state index contributed by atoms with van der Waals surface area (Å²) < 4.78 is 42.1. The van der Waals surface area contributed by atoms with Crippen molar-refractivity contribution in [2.24, 2.45) is 5.92 Å². The average Bonchev–Trinajstić information content (AvgIpc) is 3.07. The van der Waals surface area contributed by atoms with Gasteiger partial charge in [-0.3, -0.25) is 0 Å². The van der Waals surface area contributed by atoms with Crippen LogP contribution in [-0.4, -0.2) is 49.2 Å². The Morgan fingerprint density at radius 3 is 2.67 bits per heavy atom. The van der Waals surface area contributed by atoms with Crippen molar-refractivity contribution in [3.63, 3.8) is 0 Å². The Bertz CT molecular complexity index is 798. The molecule has 1 saturated heterocycles. The summed E-state index contributed by atoms with van der Waals surface area (Å²) in [6.45, 7) is 1.90. The van der Waals surface area contributed by atoms with E-state index in [0.29, 0.717) is 19.0 Å². The van der Waals surface area contributed by atoms with Crippen molar-refractivity contribution < 1.29 is 12.8 Å². The fourth-order valence-corrected chi connectivity index (χ4v) is 4.40. The highest BCUT2D eigenvalue weighted by Crippen LogP contribution is 2.24. The molecule has 0 spiro atoms. The number of halogens is 1. The van der Waals surface area contributed by atoms with E-state index in [1.165, 1.54) is 27.4 Å². The van der Waals surface area contributed by atoms with Gasteiger partial charge in [-0.25, -0.2) is 17.5 Å². The highest BCUT2D eigenvalue weighted by atomic mass is 32.2. The lowest BCUT2D eigenvalue weighted by molar-refractivity contribution is 0.270. The number of nitrogens with one attached hydrogen (secondary N) is 1. The fraction of sp³-hybridized carbons (Fsp3) is 0.438. The Hall–Kier alpha value is -1.77. The van der Waals surface area contributed by atoms with Crippen LogP contribution in [-0.2, 0) is 10.0 Å². The molecule has 3 rings (SSSR count). The normalized spacial score (nSPS) is 17.2. The Kier molecular flexibility index (Phi) is 4.98. The van der Waals surface area contributed by atoms with Crippen molar-refractivity contribution in [1.82, 2.24) is 19.4 Å². The predicted molar refractivity (Wildman–Crippen MR) is 88.9 cm³/mol. The van der Waals surface area contributed by atoms with Gasteiger partial charge in [-0.2, -0.15) is 9.40 Å². The third kappa shape index (κ3) is 3.35. The standard InChI is InChI=1S/C16H21FN4O2S/c1-18-10-13-6-8-20(9-7-13)24(22,23)14-11-19-21(12-14)16-5-3-2-4-15(16)17/h2-5,11-13,18H,6-10H2,1H3. The van der Waals surface area contributed by atoms with Crippen LogP contribution in [0.3, 0.4) is 0 Å². The summed E-state index contributed by atoms with van der Waals surface area (Å²) in [5.74, 6) is 0.0556. The Morgan fingerprint density at radius 2 is 2.00 bits per heavy atom. The quantitative estimate of drug-likeness (QED) is 0.888. The molecule has 6 nitrogen and oxygen atoms in total. The van der Waals surface area contributed by atoms with E-state index in [2.05, 4.69) is 10.4 Å². The molecule has 1 aromatic carbocycles. The van der Waals surface area contributed by atoms with Crippen molar-refractivity contribution >= 4 is 10.0 Å². The first-order chi connectivity index (χ1) is 11.5. The summed E-state index contributed by atoms with van der Waals surface area (Å²) in [5.41, 5.74) is 0.228. The number of benzene rings is 1. The molecule has 2 heterocycles. The molecule has 1 N–H and O–H groups in total. The Morgan fingerprint density at radius 1 is 1.29 bits per heavy atom. The number of nitrogens with zero attached hydrogens (tertiary/aromatic N) is 3. The van der Waals surface area contributed by atoms with E-state index in [-0.39, 0.29) is 10.6 Å². The molecule has 24 heavy (non-hydrogen) atoms. The molecule has 0 bridgehead atoms. The molecule has 1 aliphatic heterocycles. The van der Waals surface area contributed by atoms with E-state index in [0.717, 1.165) is 19.4 Å². The molecule has 0 aliphatic carbocycles. The van der Waals surface area contributed by atoms with Crippen LogP contribution in [0.4, 0.5) is 4.39 Å². The maximum atomic E-state index is 13.8. The molecule has 1 fully saturated rings. The van der Waals surface area contributed by atoms with Gasteiger partial charge in [-0.15, -0.1) is 0 Å². The minimum absolute atomic E-state index is 0.0952. The average molecular weight is 352 g/mol. The second kappa shape index (κ2) is 7.00. The highest BCUT2D eigenvalue weighted by molar-refractivity contribution is 7.89. The second-order valence-electron chi connectivity index (χ2n) is 5.98. The fourth-order valence-electron chi connectivity index (χ4n) is 3.00. The van der Waals surface area contributed by atoms with Gasteiger partial charge in [0.15, 0.2) is 0 Å². The van der Waals surface area contributed by atoms with Gasteiger partial charge in [-0.1, -0.05) is 12.1 Å². The van der Waals surface area contributed by atoms with Gasteiger partial charge < -0.3 is 5.32 Å². The van der Waals surface area contributed by atoms with Crippen LogP contribution in [0.2, 0.25) is 0 Å². The number of piperidine rings is 1. The van der Waals surface area contributed by atoms with Crippen molar-refractivity contribution in [2.75, 3.05) is 26.7 Å². The van der Waals surface area contributed by atoms with Crippen molar-refractivity contribution in [3.05, 3.63) is 42.5 Å². The van der Waals surface area contributed by atoms with Crippen LogP contribution in [0, 0.1) is 11.7 Å². The van der Waals surface area contributed by atoms with Crippen LogP contribution >= 0.6 is 0 Å². The lowest BCUT2D eigenvalue weighted by Gasteiger charge is -2.30. The zero-order valence-electron chi connectivity index (χ0n) is 13.5. The highest BCUT2D eigenvalue weighted by Gasteiger charge is 2.30. The maximum Gasteiger partial charge on any atom is 0.246 e. The lowest BCUT2D eigenvalue weighted by atomic mass is 9.98. The third-order valence-electron chi connectivity index (χ3n) is 4.36. The number of rotatable bonds is 5. The van der Waals surface area contributed by atoms with Crippen molar-refractivity contribution in [2.45, 2.75) is 17.7 Å². The number of aromatic nitrogens is 2. The largest absolute Gasteiger partial charge is 0.319 e. The first-order valence-corrected chi connectivity index (χ1v) is 9.40. The van der Waals surface area contributed by atoms with Gasteiger partial charge >= 0.3 is 0 Å². The SMILES string of the molecule is CNCC1CCN(S(=O)(=O)c2cnn(-c3ccccc3F)c2)CC1. The summed E-state index contributed by atoms with van der Waals surface area (Å²) in [5, 5.41) is 7.15. The number of hydrogen-bond donors (Lipinski definition) is 1. The summed E-state index contributed by atoms with van der Waals surface area (Å²) >= 11 is 0. The molecular weight excluding hydrogens is 331 g/mol. The van der Waals surface area contributed by atoms with E-state index >= 15 is 0 Å². The number of hydrogen-bond acceptors (Lipinski definition) is 4. The van der Waals surface area contributed by atoms with Gasteiger partial charge in [0.1, 0.15) is 16.4 Å².